The molecule has 1 heterocycles. The molecule has 1 aliphatic rings. The van der Waals surface area contributed by atoms with Gasteiger partial charge in [-0.3, -0.25) is 4.79 Å². The van der Waals surface area contributed by atoms with E-state index in [2.05, 4.69) is 20.5 Å². The molecule has 3 rings (SSSR count). The van der Waals surface area contributed by atoms with Crippen LogP contribution < -0.4 is 5.32 Å². The Bertz CT molecular complexity index is 1120. The summed E-state index contributed by atoms with van der Waals surface area (Å²) in [5, 5.41) is 8.76. The fourth-order valence-corrected chi connectivity index (χ4v) is 3.37. The lowest BCUT2D eigenvalue weighted by atomic mass is 9.85. The Hall–Kier alpha value is -3.28. The van der Waals surface area contributed by atoms with Gasteiger partial charge in [-0.15, -0.1) is 0 Å². The first-order chi connectivity index (χ1) is 15.9. The molecule has 0 fully saturated rings. The van der Waals surface area contributed by atoms with Crippen molar-refractivity contribution in [3.05, 3.63) is 69.7 Å². The van der Waals surface area contributed by atoms with Crippen molar-refractivity contribution in [3.8, 4) is 0 Å². The maximum absolute atomic E-state index is 14.1. The molecule has 1 N–H and O–H groups in total. The molecule has 0 radical (unpaired) electrons. The second-order valence-electron chi connectivity index (χ2n) is 7.06. The van der Waals surface area contributed by atoms with E-state index < -0.39 is 46.4 Å². The zero-order valence-corrected chi connectivity index (χ0v) is 18.1. The van der Waals surface area contributed by atoms with E-state index in [1.165, 1.54) is 24.3 Å². The van der Waals surface area contributed by atoms with Crippen LogP contribution in [0.5, 0.6) is 0 Å². The SMILES string of the molecule is CCO/N=C\NC(=O)c1ccc(C2=NOC(c3cc(Cl)cc(C(F)(F)F)c3)(C(F)(F)F)C2)cc1. The van der Waals surface area contributed by atoms with Crippen LogP contribution in [0, 0.1) is 0 Å². The van der Waals surface area contributed by atoms with Crippen molar-refractivity contribution >= 4 is 29.6 Å². The summed E-state index contributed by atoms with van der Waals surface area (Å²) in [5.41, 5.74) is -5.17. The van der Waals surface area contributed by atoms with Gasteiger partial charge in [0.25, 0.3) is 11.5 Å². The number of carbonyl (C=O) groups excluding carboxylic acids is 1. The predicted octanol–water partition coefficient (Wildman–Crippen LogP) is 5.65. The number of alkyl halides is 6. The summed E-state index contributed by atoms with van der Waals surface area (Å²) in [5.74, 6) is -0.553. The molecule has 2 aromatic rings. The van der Waals surface area contributed by atoms with Crippen LogP contribution in [-0.4, -0.2) is 30.7 Å². The van der Waals surface area contributed by atoms with E-state index in [-0.39, 0.29) is 16.8 Å². The van der Waals surface area contributed by atoms with Gasteiger partial charge >= 0.3 is 12.4 Å². The lowest BCUT2D eigenvalue weighted by Gasteiger charge is -2.30. The molecule has 182 valence electrons. The van der Waals surface area contributed by atoms with E-state index in [1.807, 2.05) is 0 Å². The van der Waals surface area contributed by atoms with Crippen molar-refractivity contribution in [1.29, 1.82) is 0 Å². The van der Waals surface area contributed by atoms with Gasteiger partial charge in [0, 0.05) is 22.6 Å². The summed E-state index contributed by atoms with van der Waals surface area (Å²) < 4.78 is 81.8. The number of halogens is 7. The summed E-state index contributed by atoms with van der Waals surface area (Å²) in [6.07, 6.45) is -9.91. The second kappa shape index (κ2) is 9.53. The Balaban J connectivity index is 1.87. The molecule has 1 amide bonds. The maximum Gasteiger partial charge on any atom is 0.435 e. The molecule has 1 unspecified atom stereocenters. The maximum atomic E-state index is 14.1. The number of oxime groups is 2. The number of hydrogen-bond acceptors (Lipinski definition) is 5. The molecule has 0 bridgehead atoms. The zero-order valence-electron chi connectivity index (χ0n) is 17.3. The zero-order chi connectivity index (χ0) is 25.1. The number of rotatable bonds is 6. The van der Waals surface area contributed by atoms with Crippen LogP contribution in [0.2, 0.25) is 5.02 Å². The van der Waals surface area contributed by atoms with Crippen LogP contribution in [0.4, 0.5) is 26.3 Å². The lowest BCUT2D eigenvalue weighted by Crippen LogP contribution is -2.42. The minimum atomic E-state index is -5.12. The average molecular weight is 508 g/mol. The molecule has 0 saturated heterocycles. The molecule has 6 nitrogen and oxygen atoms in total. The normalized spacial score (nSPS) is 18.5. The molecule has 0 spiro atoms. The van der Waals surface area contributed by atoms with Crippen molar-refractivity contribution in [2.45, 2.75) is 31.3 Å². The highest BCUT2D eigenvalue weighted by atomic mass is 35.5. The highest BCUT2D eigenvalue weighted by Crippen LogP contribution is 2.50. The quantitative estimate of drug-likeness (QED) is 0.238. The highest BCUT2D eigenvalue weighted by molar-refractivity contribution is 6.30. The van der Waals surface area contributed by atoms with Gasteiger partial charge in [0.15, 0.2) is 0 Å². The summed E-state index contributed by atoms with van der Waals surface area (Å²) in [6, 6.07) is 6.96. The van der Waals surface area contributed by atoms with Crippen molar-refractivity contribution in [2.24, 2.45) is 10.3 Å². The smallest absolute Gasteiger partial charge is 0.395 e. The molecule has 1 aliphatic heterocycles. The number of amides is 1. The summed E-state index contributed by atoms with van der Waals surface area (Å²) in [6.45, 7) is 2.00. The number of nitrogens with zero attached hydrogens (tertiary/aromatic N) is 2. The molecular formula is C21H16ClF6N3O3. The topological polar surface area (TPSA) is 72.3 Å². The molecule has 0 saturated carbocycles. The van der Waals surface area contributed by atoms with E-state index >= 15 is 0 Å². The van der Waals surface area contributed by atoms with Crippen molar-refractivity contribution in [2.75, 3.05) is 6.61 Å². The highest BCUT2D eigenvalue weighted by Gasteiger charge is 2.62. The van der Waals surface area contributed by atoms with Gasteiger partial charge in [-0.2, -0.15) is 26.3 Å². The summed E-state index contributed by atoms with van der Waals surface area (Å²) >= 11 is 5.69. The molecular weight excluding hydrogens is 492 g/mol. The van der Waals surface area contributed by atoms with Crippen molar-refractivity contribution in [3.63, 3.8) is 0 Å². The van der Waals surface area contributed by atoms with Gasteiger partial charge in [0.1, 0.15) is 12.9 Å². The molecule has 13 heteroatoms. The van der Waals surface area contributed by atoms with Gasteiger partial charge in [-0.25, -0.2) is 0 Å². The van der Waals surface area contributed by atoms with Crippen LogP contribution in [0.3, 0.4) is 0 Å². The van der Waals surface area contributed by atoms with Gasteiger partial charge in [0.2, 0.25) is 0 Å². The van der Waals surface area contributed by atoms with E-state index in [0.717, 1.165) is 12.4 Å². The third-order valence-corrected chi connectivity index (χ3v) is 5.03. The van der Waals surface area contributed by atoms with Crippen LogP contribution in [-0.2, 0) is 21.5 Å². The Kier molecular flexibility index (Phi) is 7.10. The Morgan fingerprint density at radius 3 is 2.47 bits per heavy atom. The van der Waals surface area contributed by atoms with E-state index in [9.17, 15) is 31.1 Å². The molecule has 1 atom stereocenters. The molecule has 2 aromatic carbocycles. The number of benzene rings is 2. The van der Waals surface area contributed by atoms with Crippen LogP contribution >= 0.6 is 11.6 Å². The lowest BCUT2D eigenvalue weighted by molar-refractivity contribution is -0.276. The van der Waals surface area contributed by atoms with Crippen molar-refractivity contribution < 1.29 is 40.8 Å². The Labute approximate surface area is 194 Å². The first-order valence-electron chi connectivity index (χ1n) is 9.62. The predicted molar refractivity (Wildman–Crippen MR) is 110 cm³/mol. The average Bonchev–Trinajstić information content (AvgIpc) is 3.23. The minimum absolute atomic E-state index is 0.165. The summed E-state index contributed by atoms with van der Waals surface area (Å²) in [4.78, 5) is 21.5. The van der Waals surface area contributed by atoms with Crippen LogP contribution in [0.1, 0.15) is 40.4 Å². The largest absolute Gasteiger partial charge is 0.435 e. The van der Waals surface area contributed by atoms with E-state index in [0.29, 0.717) is 18.7 Å². The third kappa shape index (κ3) is 5.27. The fraction of sp³-hybridized carbons (Fsp3) is 0.286. The molecule has 0 aromatic heterocycles. The Morgan fingerprint density at radius 1 is 1.21 bits per heavy atom. The number of nitrogens with one attached hydrogen (secondary N) is 1. The summed E-state index contributed by atoms with van der Waals surface area (Å²) in [7, 11) is 0. The van der Waals surface area contributed by atoms with Crippen LogP contribution in [0.25, 0.3) is 0 Å². The van der Waals surface area contributed by atoms with Gasteiger partial charge in [0.05, 0.1) is 11.3 Å². The second-order valence-corrected chi connectivity index (χ2v) is 7.50. The molecule has 34 heavy (non-hydrogen) atoms. The van der Waals surface area contributed by atoms with Gasteiger partial charge in [-0.1, -0.05) is 34.0 Å². The molecule has 0 aliphatic carbocycles. The first kappa shape index (κ1) is 25.3. The van der Waals surface area contributed by atoms with Crippen molar-refractivity contribution in [1.82, 2.24) is 5.32 Å². The fourth-order valence-electron chi connectivity index (χ4n) is 3.14. The Morgan fingerprint density at radius 2 is 1.88 bits per heavy atom. The number of hydrogen-bond donors (Lipinski definition) is 1. The monoisotopic (exact) mass is 507 g/mol. The van der Waals surface area contributed by atoms with Gasteiger partial charge < -0.3 is 15.0 Å². The first-order valence-corrected chi connectivity index (χ1v) is 10.0. The van der Waals surface area contributed by atoms with E-state index in [4.69, 9.17) is 16.4 Å². The third-order valence-electron chi connectivity index (χ3n) is 4.81. The van der Waals surface area contributed by atoms with E-state index in [1.54, 1.807) is 6.92 Å². The minimum Gasteiger partial charge on any atom is -0.395 e. The standard InChI is InChI=1S/C21H16ClF6N3O3/c1-2-33-30-11-29-18(32)13-5-3-12(4-6-13)17-10-19(34-31-17,21(26,27)28)14-7-15(20(23,24)25)9-16(22)8-14/h3-9,11H,2,10H2,1H3,(H,29,30,32). The van der Waals surface area contributed by atoms with Crippen LogP contribution in [0.15, 0.2) is 52.8 Å². The number of carbonyl (C=O) groups is 1. The van der Waals surface area contributed by atoms with Gasteiger partial charge in [-0.05, 0) is 42.8 Å².